The molecule has 2 aromatic carbocycles. The zero-order valence-corrected chi connectivity index (χ0v) is 15.8. The van der Waals surface area contributed by atoms with E-state index in [9.17, 15) is 38.2 Å². The van der Waals surface area contributed by atoms with Gasteiger partial charge in [0.15, 0.2) is 23.0 Å². The number of Topliss-reactive ketones (excluding diaryl/α,β-unsaturated/α-hetero) is 1. The van der Waals surface area contributed by atoms with Crippen LogP contribution in [0.15, 0.2) is 36.4 Å². The van der Waals surface area contributed by atoms with Crippen LogP contribution in [-0.4, -0.2) is 44.4 Å². The van der Waals surface area contributed by atoms with E-state index in [2.05, 4.69) is 0 Å². The average molecular weight is 410 g/mol. The highest BCUT2D eigenvalue weighted by Gasteiger charge is 2.25. The lowest BCUT2D eigenvalue weighted by Crippen LogP contribution is -2.25. The lowest BCUT2D eigenvalue weighted by Gasteiger charge is -2.13. The van der Waals surface area contributed by atoms with Crippen molar-refractivity contribution in [1.82, 2.24) is 0 Å². The Bertz CT molecular complexity index is 952. The third kappa shape index (κ3) is 6.14. The van der Waals surface area contributed by atoms with Gasteiger partial charge in [-0.15, -0.1) is 0 Å². The summed E-state index contributed by atoms with van der Waals surface area (Å²) in [4.78, 5) is 12.2. The summed E-state index contributed by atoms with van der Waals surface area (Å²) in [6, 6.07) is 8.22. The van der Waals surface area contributed by atoms with E-state index in [1.807, 2.05) is 0 Å². The molecule has 0 saturated carbocycles. The molecule has 0 heterocycles. The summed E-state index contributed by atoms with van der Waals surface area (Å²) >= 11 is 0. The van der Waals surface area contributed by atoms with Crippen LogP contribution in [0.25, 0.3) is 0 Å². The first-order chi connectivity index (χ1) is 13.1. The van der Waals surface area contributed by atoms with Crippen LogP contribution in [0.5, 0.6) is 23.0 Å². The van der Waals surface area contributed by atoms with Gasteiger partial charge in [-0.2, -0.15) is 8.42 Å². The first-order valence-corrected chi connectivity index (χ1v) is 10.1. The number of rotatable bonds is 9. The third-order valence-electron chi connectivity index (χ3n) is 4.40. The number of aryl methyl sites for hydroxylation is 2. The zero-order valence-electron chi connectivity index (χ0n) is 14.9. The molecule has 28 heavy (non-hydrogen) atoms. The van der Waals surface area contributed by atoms with Gasteiger partial charge < -0.3 is 20.4 Å². The number of aromatic hydroxyl groups is 4. The monoisotopic (exact) mass is 410 g/mol. The Morgan fingerprint density at radius 3 is 1.79 bits per heavy atom. The number of phenolic OH excluding ortho intramolecular Hbond substituents is 4. The van der Waals surface area contributed by atoms with E-state index in [0.717, 1.165) is 0 Å². The second-order valence-corrected chi connectivity index (χ2v) is 8.26. The van der Waals surface area contributed by atoms with Gasteiger partial charge in [0.05, 0.1) is 5.25 Å². The van der Waals surface area contributed by atoms with Crippen molar-refractivity contribution in [3.8, 4) is 23.0 Å². The molecule has 8 nitrogen and oxygen atoms in total. The maximum absolute atomic E-state index is 12.2. The maximum Gasteiger partial charge on any atom is 0.268 e. The highest BCUT2D eigenvalue weighted by molar-refractivity contribution is 7.86. The highest BCUT2D eigenvalue weighted by Crippen LogP contribution is 2.27. The Balaban J connectivity index is 1.96. The van der Waals surface area contributed by atoms with Gasteiger partial charge in [0.1, 0.15) is 5.78 Å². The number of carbonyl (C=O) groups is 1. The molecule has 9 heteroatoms. The van der Waals surface area contributed by atoms with Gasteiger partial charge >= 0.3 is 0 Å². The molecule has 2 rings (SSSR count). The van der Waals surface area contributed by atoms with Gasteiger partial charge in [0.25, 0.3) is 10.1 Å². The topological polar surface area (TPSA) is 152 Å². The minimum Gasteiger partial charge on any atom is -0.504 e. The number of benzene rings is 2. The van der Waals surface area contributed by atoms with E-state index < -0.39 is 15.4 Å². The van der Waals surface area contributed by atoms with Crippen LogP contribution in [0.2, 0.25) is 0 Å². The fraction of sp³-hybridized carbons (Fsp3) is 0.316. The molecule has 0 fully saturated rings. The molecule has 0 aliphatic carbocycles. The molecule has 0 spiro atoms. The van der Waals surface area contributed by atoms with Crippen molar-refractivity contribution in [3.05, 3.63) is 47.5 Å². The highest BCUT2D eigenvalue weighted by atomic mass is 32.2. The molecular weight excluding hydrogens is 388 g/mol. The second kappa shape index (κ2) is 8.94. The van der Waals surface area contributed by atoms with Crippen LogP contribution in [0.4, 0.5) is 0 Å². The Labute approximate surface area is 162 Å². The van der Waals surface area contributed by atoms with E-state index >= 15 is 0 Å². The first kappa shape index (κ1) is 21.5. The van der Waals surface area contributed by atoms with E-state index in [1.54, 1.807) is 6.07 Å². The number of phenols is 4. The Morgan fingerprint density at radius 2 is 1.32 bits per heavy atom. The molecule has 152 valence electrons. The van der Waals surface area contributed by atoms with E-state index in [1.165, 1.54) is 30.3 Å². The molecule has 1 atom stereocenters. The van der Waals surface area contributed by atoms with Gasteiger partial charge in [0, 0.05) is 12.8 Å². The van der Waals surface area contributed by atoms with Crippen LogP contribution < -0.4 is 0 Å². The number of hydrogen-bond donors (Lipinski definition) is 5. The SMILES string of the molecule is O=C(CCc1ccc(O)c(O)c1)CC(CCc1ccc(O)c(O)c1)S(=O)(=O)O. The van der Waals surface area contributed by atoms with Crippen molar-refractivity contribution < 1.29 is 38.2 Å². The minimum absolute atomic E-state index is 0.0102. The van der Waals surface area contributed by atoms with Crippen LogP contribution in [0.3, 0.4) is 0 Å². The Hall–Kier alpha value is -2.78. The van der Waals surface area contributed by atoms with Crippen LogP contribution in [0, 0.1) is 0 Å². The van der Waals surface area contributed by atoms with Crippen LogP contribution in [0.1, 0.15) is 30.4 Å². The molecular formula is C19H22O8S. The summed E-state index contributed by atoms with van der Waals surface area (Å²) in [6.07, 6.45) is 0.0338. The minimum atomic E-state index is -4.45. The van der Waals surface area contributed by atoms with Crippen molar-refractivity contribution in [2.75, 3.05) is 0 Å². The van der Waals surface area contributed by atoms with Crippen molar-refractivity contribution >= 4 is 15.9 Å². The van der Waals surface area contributed by atoms with E-state index in [4.69, 9.17) is 0 Å². The molecule has 0 saturated heterocycles. The summed E-state index contributed by atoms with van der Waals surface area (Å²) < 4.78 is 32.7. The van der Waals surface area contributed by atoms with E-state index in [0.29, 0.717) is 11.1 Å². The lowest BCUT2D eigenvalue weighted by atomic mass is 10.0. The number of hydrogen-bond acceptors (Lipinski definition) is 7. The van der Waals surface area contributed by atoms with Crippen molar-refractivity contribution in [3.63, 3.8) is 0 Å². The number of ketones is 1. The third-order valence-corrected chi connectivity index (χ3v) is 5.65. The van der Waals surface area contributed by atoms with Crippen molar-refractivity contribution in [2.45, 2.75) is 37.4 Å². The molecule has 0 bridgehead atoms. The fourth-order valence-corrected chi connectivity index (χ4v) is 3.58. The standard InChI is InChI=1S/C19H22O8S/c20-14(5-1-12-3-7-16(21)18(23)9-12)11-15(28(25,26)27)6-2-13-4-8-17(22)19(24)10-13/h3-4,7-10,15,21-24H,1-2,5-6,11H2,(H,25,26,27). The summed E-state index contributed by atoms with van der Waals surface area (Å²) in [7, 11) is -4.45. The summed E-state index contributed by atoms with van der Waals surface area (Å²) in [5.74, 6) is -1.59. The fourth-order valence-electron chi connectivity index (χ4n) is 2.77. The van der Waals surface area contributed by atoms with E-state index in [-0.39, 0.29) is 60.9 Å². The zero-order chi connectivity index (χ0) is 20.9. The largest absolute Gasteiger partial charge is 0.504 e. The van der Waals surface area contributed by atoms with Crippen molar-refractivity contribution in [1.29, 1.82) is 0 Å². The van der Waals surface area contributed by atoms with Gasteiger partial charge in [-0.05, 0) is 54.7 Å². The van der Waals surface area contributed by atoms with Gasteiger partial charge in [-0.25, -0.2) is 0 Å². The maximum atomic E-state index is 12.2. The quantitative estimate of drug-likeness (QED) is 0.312. The summed E-state index contributed by atoms with van der Waals surface area (Å²) in [5.41, 5.74) is 1.16. The molecule has 2 aromatic rings. The Kier molecular flexibility index (Phi) is 6.87. The molecule has 0 amide bonds. The molecule has 0 radical (unpaired) electrons. The van der Waals surface area contributed by atoms with Gasteiger partial charge in [0.2, 0.25) is 0 Å². The van der Waals surface area contributed by atoms with Crippen molar-refractivity contribution in [2.24, 2.45) is 0 Å². The van der Waals surface area contributed by atoms with Crippen LogP contribution >= 0.6 is 0 Å². The lowest BCUT2D eigenvalue weighted by molar-refractivity contribution is -0.119. The molecule has 0 aromatic heterocycles. The smallest absolute Gasteiger partial charge is 0.268 e. The predicted octanol–water partition coefficient (Wildman–Crippen LogP) is 2.29. The van der Waals surface area contributed by atoms with Gasteiger partial charge in [-0.1, -0.05) is 12.1 Å². The molecule has 0 aliphatic heterocycles. The van der Waals surface area contributed by atoms with Crippen LogP contribution in [-0.2, 0) is 27.8 Å². The molecule has 0 aliphatic rings. The Morgan fingerprint density at radius 1 is 0.821 bits per heavy atom. The normalized spacial score (nSPS) is 12.6. The average Bonchev–Trinajstić information content (AvgIpc) is 2.61. The molecule has 1 unspecified atom stereocenters. The number of carbonyl (C=O) groups excluding carboxylic acids is 1. The summed E-state index contributed by atoms with van der Waals surface area (Å²) in [5, 5.41) is 36.2. The summed E-state index contributed by atoms with van der Waals surface area (Å²) in [6.45, 7) is 0. The first-order valence-electron chi connectivity index (χ1n) is 8.56. The van der Waals surface area contributed by atoms with Gasteiger partial charge in [-0.3, -0.25) is 9.35 Å². The predicted molar refractivity (Wildman–Crippen MR) is 101 cm³/mol. The second-order valence-electron chi connectivity index (χ2n) is 6.56. The molecule has 5 N–H and O–H groups in total.